The Labute approximate surface area is 293 Å². The molecular formula is C43H30. The van der Waals surface area contributed by atoms with Crippen LogP contribution in [0.2, 0.25) is 0 Å². The van der Waals surface area contributed by atoms with Crippen LogP contribution < -0.4 is 0 Å². The average Bonchev–Trinajstić information content (AvgIpc) is 3.34. The maximum Gasteiger partial charge on any atom is 0.0633 e. The number of hydrogen-bond acceptors (Lipinski definition) is 0. The van der Waals surface area contributed by atoms with Crippen molar-refractivity contribution in [2.75, 3.05) is 0 Å². The molecule has 0 nitrogen and oxygen atoms in total. The largest absolute Gasteiger partial charge is 0.0633 e. The summed E-state index contributed by atoms with van der Waals surface area (Å²) in [5.41, 5.74) is -6.15. The lowest BCUT2D eigenvalue weighted by Crippen LogP contribution is -2.03. The van der Waals surface area contributed by atoms with E-state index in [1.165, 1.54) is 0 Å². The smallest absolute Gasteiger partial charge is 0.0622 e. The van der Waals surface area contributed by atoms with Gasteiger partial charge in [-0.2, -0.15) is 0 Å². The third-order valence-corrected chi connectivity index (χ3v) is 6.55. The summed E-state index contributed by atoms with van der Waals surface area (Å²) in [6, 6.07) is -28.3. The van der Waals surface area contributed by atoms with E-state index < -0.39 is 252 Å². The fourth-order valence-corrected chi connectivity index (χ4v) is 4.56. The van der Waals surface area contributed by atoms with Crippen LogP contribution in [0.1, 0.15) is 62.4 Å². The summed E-state index contributed by atoms with van der Waals surface area (Å²) in [5.74, 6) is -2.45. The molecule has 0 saturated heterocycles. The van der Waals surface area contributed by atoms with Crippen molar-refractivity contribution in [3.63, 3.8) is 0 Å². The highest BCUT2D eigenvalue weighted by Crippen LogP contribution is 2.38. The minimum absolute atomic E-state index is 0.498. The van der Waals surface area contributed by atoms with E-state index in [1.54, 1.807) is 0 Å². The van der Waals surface area contributed by atoms with Gasteiger partial charge in [-0.1, -0.05) is 175 Å². The summed E-state index contributed by atoms with van der Waals surface area (Å²) in [7, 11) is 0. The third kappa shape index (κ3) is 4.68. The number of hydrogen-bond donors (Lipinski definition) is 0. The third-order valence-electron chi connectivity index (χ3n) is 6.55. The van der Waals surface area contributed by atoms with Crippen molar-refractivity contribution in [2.24, 2.45) is 0 Å². The van der Waals surface area contributed by atoms with E-state index in [9.17, 15) is 17.8 Å². The van der Waals surface area contributed by atoms with E-state index in [4.69, 9.17) is 21.9 Å². The molecule has 8 aromatic carbocycles. The van der Waals surface area contributed by atoms with E-state index in [-0.39, 0.29) is 0 Å². The van der Waals surface area contributed by atoms with Gasteiger partial charge in [-0.3, -0.25) is 0 Å². The van der Waals surface area contributed by atoms with E-state index in [0.29, 0.717) is 0 Å². The van der Waals surface area contributed by atoms with Gasteiger partial charge in [-0.15, -0.1) is 0 Å². The molecule has 0 heterocycles. The second-order valence-corrected chi connectivity index (χ2v) is 9.05. The van der Waals surface area contributed by atoms with Gasteiger partial charge in [0.05, 0.1) is 39.8 Å². The summed E-state index contributed by atoms with van der Waals surface area (Å²) in [4.78, 5) is 0. The number of benzene rings is 8. The van der Waals surface area contributed by atoms with Gasteiger partial charge in [0, 0.05) is 5.92 Å². The first kappa shape index (κ1) is 9.27. The highest BCUT2D eigenvalue weighted by molar-refractivity contribution is 6.17. The van der Waals surface area contributed by atoms with Crippen molar-refractivity contribution in [1.82, 2.24) is 0 Å². The van der Waals surface area contributed by atoms with Gasteiger partial charge in [0.25, 0.3) is 0 Å². The molecule has 0 spiro atoms. The molecule has 0 N–H and O–H groups in total. The molecule has 0 radical (unpaired) electrons. The highest BCUT2D eigenvalue weighted by Gasteiger charge is 2.18. The van der Waals surface area contributed by atoms with Crippen molar-refractivity contribution in [1.29, 1.82) is 0 Å². The molecular weight excluding hydrogens is 516 g/mol. The Hall–Kier alpha value is -5.46. The minimum atomic E-state index is -2.45. The van der Waals surface area contributed by atoms with Gasteiger partial charge < -0.3 is 0 Å². The van der Waals surface area contributed by atoms with Crippen LogP contribution in [0.25, 0.3) is 54.6 Å². The quantitative estimate of drug-likeness (QED) is 0.141. The van der Waals surface area contributed by atoms with Crippen molar-refractivity contribution < 1.29 is 39.8 Å². The molecule has 202 valence electrons. The summed E-state index contributed by atoms with van der Waals surface area (Å²) in [6.07, 6.45) is 0. The summed E-state index contributed by atoms with van der Waals surface area (Å²) in [5, 5.41) is -3.54. The predicted molar refractivity (Wildman–Crippen MR) is 184 cm³/mol. The lowest BCUT2D eigenvalue weighted by atomic mass is 9.83. The zero-order valence-electron chi connectivity index (χ0n) is 50.6. The first-order valence-electron chi connectivity index (χ1n) is 27.1. The predicted octanol–water partition coefficient (Wildman–Crippen LogP) is 11.7. The normalized spacial score (nSPS) is 20.9. The lowest BCUT2D eigenvalue weighted by molar-refractivity contribution is 0.981. The molecule has 43 heavy (non-hydrogen) atoms. The van der Waals surface area contributed by atoms with Gasteiger partial charge in [-0.05, 0) is 71.3 Å². The molecule has 0 aliphatic heterocycles. The molecule has 0 saturated carbocycles. The standard InChI is InChI=1S/C43H30/c1-3-9-30(10-4-1)32-15-19-35(20-16-32)43(36-21-17-33(18-22-36)31-11-5-2-6-12-31)38-25-26-40-37(29-38)24-28-41-39-14-8-7-13-34(39)23-27-42(40)41/h1-29,43H/i1D,2D,3D,4D,5D,6D,7D,8D,9D,10D,11D,12D,13D,14D,15D,16D,17D,18D,19D,20D,21D,22D,23D,24D,25D,26D,27D,28D,29D. The van der Waals surface area contributed by atoms with Crippen molar-refractivity contribution >= 4 is 32.3 Å². The van der Waals surface area contributed by atoms with Crippen LogP contribution in [0.15, 0.2) is 175 Å². The number of fused-ring (bicyclic) bond motifs is 5. The summed E-state index contributed by atoms with van der Waals surface area (Å²) in [6.45, 7) is 0. The second-order valence-electron chi connectivity index (χ2n) is 9.05. The Morgan fingerprint density at radius 3 is 1.30 bits per heavy atom. The van der Waals surface area contributed by atoms with Crippen LogP contribution >= 0.6 is 0 Å². The van der Waals surface area contributed by atoms with Crippen LogP contribution in [0, 0.1) is 0 Å². The van der Waals surface area contributed by atoms with Crippen LogP contribution in [-0.2, 0) is 0 Å². The Morgan fingerprint density at radius 2 is 0.721 bits per heavy atom. The summed E-state index contributed by atoms with van der Waals surface area (Å²) >= 11 is 0. The van der Waals surface area contributed by atoms with Crippen molar-refractivity contribution in [3.05, 3.63) is 192 Å². The highest BCUT2D eigenvalue weighted by atomic mass is 14.2. The van der Waals surface area contributed by atoms with Gasteiger partial charge in [-0.25, -0.2) is 0 Å². The average molecular weight is 576 g/mol. The topological polar surface area (TPSA) is 0 Å². The molecule has 0 atom stereocenters. The van der Waals surface area contributed by atoms with Gasteiger partial charge in [0.15, 0.2) is 0 Å². The first-order valence-corrected chi connectivity index (χ1v) is 12.6. The van der Waals surface area contributed by atoms with Crippen LogP contribution in [-0.4, -0.2) is 0 Å². The second kappa shape index (κ2) is 10.7. The van der Waals surface area contributed by atoms with Crippen LogP contribution in [0.3, 0.4) is 0 Å². The number of rotatable bonds is 5. The summed E-state index contributed by atoms with van der Waals surface area (Å²) < 4.78 is 257. The van der Waals surface area contributed by atoms with E-state index >= 15 is 0 Å². The Morgan fingerprint density at radius 1 is 0.302 bits per heavy atom. The molecule has 0 amide bonds. The SMILES string of the molecule is [2H]c1c([2H])c([2H])c(-c2c([2H])c([2H])c(C(c3c([2H])c([2H])c(-c4c([2H])c([2H])c([2H])c([2H])c4[2H])c([2H])c3[2H])c3c([2H])c([2H])c4c(c3[2H])c([2H])c([2H])c3c5c([2H])c([2H])c([2H])c([2H])c5c([2H])c([2H])c43)c([2H])c2[2H])c([2H])c1[2H]. The van der Waals surface area contributed by atoms with Crippen molar-refractivity contribution in [3.8, 4) is 22.3 Å². The Balaban J connectivity index is 1.61. The molecule has 0 heteroatoms. The van der Waals surface area contributed by atoms with E-state index in [0.717, 1.165) is 0 Å². The first-order chi connectivity index (χ1) is 33.4. The van der Waals surface area contributed by atoms with Gasteiger partial charge >= 0.3 is 0 Å². The van der Waals surface area contributed by atoms with Gasteiger partial charge in [0.2, 0.25) is 0 Å². The van der Waals surface area contributed by atoms with Gasteiger partial charge in [0.1, 0.15) is 0 Å². The molecule has 8 rings (SSSR count). The fourth-order valence-electron chi connectivity index (χ4n) is 4.56. The minimum Gasteiger partial charge on any atom is -0.0622 e. The molecule has 0 aliphatic rings. The molecule has 0 unspecified atom stereocenters. The maximum absolute atomic E-state index is 9.75. The molecule has 0 bridgehead atoms. The maximum atomic E-state index is 9.75. The zero-order valence-corrected chi connectivity index (χ0v) is 21.6. The fraction of sp³-hybridized carbons (Fsp3) is 0.0233. The molecule has 0 fully saturated rings. The molecule has 8 aromatic rings. The molecule has 0 aliphatic carbocycles. The Kier molecular flexibility index (Phi) is 2.32. The van der Waals surface area contributed by atoms with Crippen molar-refractivity contribution in [2.45, 2.75) is 5.92 Å². The lowest BCUT2D eigenvalue weighted by Gasteiger charge is -2.21. The van der Waals surface area contributed by atoms with Crippen LogP contribution in [0.5, 0.6) is 0 Å². The van der Waals surface area contributed by atoms with E-state index in [1.807, 2.05) is 0 Å². The Bertz CT molecular complexity index is 3610. The van der Waals surface area contributed by atoms with Crippen LogP contribution in [0.4, 0.5) is 0 Å². The molecule has 0 aromatic heterocycles. The zero-order chi connectivity index (χ0) is 53.8. The van der Waals surface area contributed by atoms with E-state index in [2.05, 4.69) is 0 Å². The monoisotopic (exact) mass is 575 g/mol.